The summed E-state index contributed by atoms with van der Waals surface area (Å²) in [4.78, 5) is 4.33. The number of furan rings is 1. The molecule has 2 aromatic rings. The van der Waals surface area contributed by atoms with Crippen molar-refractivity contribution < 1.29 is 4.42 Å². The van der Waals surface area contributed by atoms with Crippen LogP contribution in [-0.2, 0) is 0 Å². The predicted molar refractivity (Wildman–Crippen MR) is 64.2 cm³/mol. The lowest BCUT2D eigenvalue weighted by Crippen LogP contribution is -1.91. The molecule has 0 spiro atoms. The Morgan fingerprint density at radius 3 is 2.53 bits per heavy atom. The fourth-order valence-electron chi connectivity index (χ4n) is 1.53. The van der Waals surface area contributed by atoms with Crippen LogP contribution in [-0.4, -0.2) is 4.98 Å². The van der Waals surface area contributed by atoms with E-state index in [4.69, 9.17) is 4.42 Å². The third kappa shape index (κ3) is 2.38. The maximum atomic E-state index is 5.60. The van der Waals surface area contributed by atoms with Gasteiger partial charge < -0.3 is 4.42 Å². The van der Waals surface area contributed by atoms with Crippen LogP contribution in [0, 0.1) is 6.92 Å². The van der Waals surface area contributed by atoms with E-state index < -0.39 is 0 Å². The lowest BCUT2D eigenvalue weighted by Gasteiger charge is -2.03. The molecular weight excluding hydrogens is 186 g/mol. The zero-order valence-electron chi connectivity index (χ0n) is 10.2. The van der Waals surface area contributed by atoms with E-state index in [-0.39, 0.29) is 0 Å². The molecule has 2 aromatic heterocycles. The van der Waals surface area contributed by atoms with Gasteiger partial charge >= 0.3 is 0 Å². The molecule has 82 valence electrons. The number of nitrogens with zero attached hydrogens (tertiary/aromatic N) is 1. The number of hydrogen-bond donors (Lipinski definition) is 0. The molecule has 0 radical (unpaired) electrons. The van der Waals surface area contributed by atoms with E-state index in [0.717, 1.165) is 22.4 Å². The highest BCUT2D eigenvalue weighted by atomic mass is 16.3. The normalized spacial score (nSPS) is 10.3. The lowest BCUT2D eigenvalue weighted by molar-refractivity contribution is 0.568. The number of pyridine rings is 1. The Labute approximate surface area is 91.3 Å². The van der Waals surface area contributed by atoms with E-state index in [1.807, 2.05) is 39.1 Å². The van der Waals surface area contributed by atoms with Crippen molar-refractivity contribution in [2.45, 2.75) is 40.5 Å². The Balaban J connectivity index is 0.000000531. The van der Waals surface area contributed by atoms with Crippen molar-refractivity contribution in [1.82, 2.24) is 4.98 Å². The maximum Gasteiger partial charge on any atom is 0.155 e. The number of rotatable bonds is 1. The number of hydrogen-bond acceptors (Lipinski definition) is 2. The van der Waals surface area contributed by atoms with Crippen LogP contribution in [0.5, 0.6) is 0 Å². The van der Waals surface area contributed by atoms with E-state index in [1.54, 1.807) is 0 Å². The van der Waals surface area contributed by atoms with Gasteiger partial charge in [0.1, 0.15) is 5.76 Å². The van der Waals surface area contributed by atoms with Crippen LogP contribution in [0.4, 0.5) is 0 Å². The molecule has 0 amide bonds. The standard InChI is InChI=1S/C11H13NO.C2H6/c1-7(2)10-11-9(4-5-12-10)6-8(3)13-11;1-2/h4-7H,1-3H3;1-2H3. The van der Waals surface area contributed by atoms with Gasteiger partial charge in [0.25, 0.3) is 0 Å². The van der Waals surface area contributed by atoms with E-state index in [2.05, 4.69) is 18.8 Å². The summed E-state index contributed by atoms with van der Waals surface area (Å²) in [6.45, 7) is 10.2. The van der Waals surface area contributed by atoms with Crippen molar-refractivity contribution in [2.24, 2.45) is 0 Å². The Bertz CT molecular complexity index is 429. The Kier molecular flexibility index (Phi) is 3.89. The summed E-state index contributed by atoms with van der Waals surface area (Å²) in [5.41, 5.74) is 1.99. The van der Waals surface area contributed by atoms with Gasteiger partial charge in [0.2, 0.25) is 0 Å². The molecule has 0 fully saturated rings. The fraction of sp³-hybridized carbons (Fsp3) is 0.462. The SMILES string of the molecule is CC.Cc1cc2ccnc(C(C)C)c2o1. The van der Waals surface area contributed by atoms with Gasteiger partial charge in [-0.05, 0) is 25.0 Å². The highest BCUT2D eigenvalue weighted by molar-refractivity contribution is 5.79. The first kappa shape index (κ1) is 11.8. The van der Waals surface area contributed by atoms with Crippen LogP contribution >= 0.6 is 0 Å². The topological polar surface area (TPSA) is 26.0 Å². The van der Waals surface area contributed by atoms with Crippen LogP contribution in [0.1, 0.15) is 45.1 Å². The molecule has 0 saturated heterocycles. The van der Waals surface area contributed by atoms with Gasteiger partial charge in [-0.2, -0.15) is 0 Å². The van der Waals surface area contributed by atoms with Crippen molar-refractivity contribution in [3.63, 3.8) is 0 Å². The number of aryl methyl sites for hydroxylation is 1. The average Bonchev–Trinajstić information content (AvgIpc) is 2.60. The molecule has 2 nitrogen and oxygen atoms in total. The molecule has 0 aliphatic rings. The van der Waals surface area contributed by atoms with Crippen molar-refractivity contribution in [1.29, 1.82) is 0 Å². The number of fused-ring (bicyclic) bond motifs is 1. The average molecular weight is 205 g/mol. The fourth-order valence-corrected chi connectivity index (χ4v) is 1.53. The van der Waals surface area contributed by atoms with Crippen LogP contribution < -0.4 is 0 Å². The van der Waals surface area contributed by atoms with Gasteiger partial charge in [0.15, 0.2) is 5.58 Å². The predicted octanol–water partition coefficient (Wildman–Crippen LogP) is 4.29. The Morgan fingerprint density at radius 1 is 1.27 bits per heavy atom. The molecule has 2 rings (SSSR count). The monoisotopic (exact) mass is 205 g/mol. The van der Waals surface area contributed by atoms with Gasteiger partial charge in [0.05, 0.1) is 5.69 Å². The van der Waals surface area contributed by atoms with Crippen molar-refractivity contribution >= 4 is 11.0 Å². The molecule has 0 aliphatic heterocycles. The summed E-state index contributed by atoms with van der Waals surface area (Å²) in [5, 5.41) is 1.15. The third-order valence-electron chi connectivity index (χ3n) is 2.13. The minimum Gasteiger partial charge on any atom is -0.459 e. The van der Waals surface area contributed by atoms with Crippen LogP contribution in [0.3, 0.4) is 0 Å². The highest BCUT2D eigenvalue weighted by Crippen LogP contribution is 2.25. The van der Waals surface area contributed by atoms with Gasteiger partial charge in [-0.3, -0.25) is 4.98 Å². The summed E-state index contributed by atoms with van der Waals surface area (Å²) in [6, 6.07) is 4.03. The van der Waals surface area contributed by atoms with Crippen LogP contribution in [0.15, 0.2) is 22.7 Å². The largest absolute Gasteiger partial charge is 0.459 e. The second-order valence-corrected chi connectivity index (χ2v) is 3.63. The molecule has 2 heterocycles. The van der Waals surface area contributed by atoms with Gasteiger partial charge in [-0.15, -0.1) is 0 Å². The molecular formula is C13H19NO. The second kappa shape index (κ2) is 4.96. The summed E-state index contributed by atoms with van der Waals surface area (Å²) in [6.07, 6.45) is 1.84. The van der Waals surface area contributed by atoms with E-state index in [1.165, 1.54) is 0 Å². The van der Waals surface area contributed by atoms with E-state index >= 15 is 0 Å². The quantitative estimate of drug-likeness (QED) is 0.694. The lowest BCUT2D eigenvalue weighted by atomic mass is 10.1. The molecule has 0 saturated carbocycles. The minimum atomic E-state index is 0.411. The van der Waals surface area contributed by atoms with E-state index in [0.29, 0.717) is 5.92 Å². The maximum absolute atomic E-state index is 5.60. The first-order valence-electron chi connectivity index (χ1n) is 5.53. The summed E-state index contributed by atoms with van der Waals surface area (Å²) >= 11 is 0. The first-order valence-corrected chi connectivity index (χ1v) is 5.53. The zero-order valence-corrected chi connectivity index (χ0v) is 10.2. The Hall–Kier alpha value is -1.31. The first-order chi connectivity index (χ1) is 7.18. The van der Waals surface area contributed by atoms with Crippen LogP contribution in [0.25, 0.3) is 11.0 Å². The molecule has 15 heavy (non-hydrogen) atoms. The molecule has 0 N–H and O–H groups in total. The molecule has 0 bridgehead atoms. The molecule has 0 aliphatic carbocycles. The summed E-state index contributed by atoms with van der Waals surface area (Å²) < 4.78 is 5.60. The number of aromatic nitrogens is 1. The van der Waals surface area contributed by atoms with Crippen LogP contribution in [0.2, 0.25) is 0 Å². The minimum absolute atomic E-state index is 0.411. The summed E-state index contributed by atoms with van der Waals surface area (Å²) in [7, 11) is 0. The molecule has 0 aromatic carbocycles. The zero-order chi connectivity index (χ0) is 11.4. The summed E-state index contributed by atoms with van der Waals surface area (Å²) in [5.74, 6) is 1.36. The van der Waals surface area contributed by atoms with Gasteiger partial charge in [0, 0.05) is 11.6 Å². The van der Waals surface area contributed by atoms with Crippen molar-refractivity contribution in [3.05, 3.63) is 29.8 Å². The second-order valence-electron chi connectivity index (χ2n) is 3.63. The third-order valence-corrected chi connectivity index (χ3v) is 2.13. The van der Waals surface area contributed by atoms with Crippen molar-refractivity contribution in [2.75, 3.05) is 0 Å². The van der Waals surface area contributed by atoms with Gasteiger partial charge in [-0.1, -0.05) is 27.7 Å². The highest BCUT2D eigenvalue weighted by Gasteiger charge is 2.09. The van der Waals surface area contributed by atoms with Crippen molar-refractivity contribution in [3.8, 4) is 0 Å². The Morgan fingerprint density at radius 2 is 1.93 bits per heavy atom. The molecule has 0 unspecified atom stereocenters. The van der Waals surface area contributed by atoms with Gasteiger partial charge in [-0.25, -0.2) is 0 Å². The molecule has 2 heteroatoms. The van der Waals surface area contributed by atoms with E-state index in [9.17, 15) is 0 Å². The molecule has 0 atom stereocenters. The smallest absolute Gasteiger partial charge is 0.155 e.